The van der Waals surface area contributed by atoms with E-state index in [0.717, 1.165) is 28.3 Å². The molecule has 0 N–H and O–H groups in total. The summed E-state index contributed by atoms with van der Waals surface area (Å²) in [5.41, 5.74) is 1.04. The van der Waals surface area contributed by atoms with Crippen molar-refractivity contribution in [3.63, 3.8) is 0 Å². The maximum Gasteiger partial charge on any atom is 0.232 e. The second-order valence-corrected chi connectivity index (χ2v) is 8.34. The molecule has 0 saturated carbocycles. The van der Waals surface area contributed by atoms with Gasteiger partial charge in [0.2, 0.25) is 15.9 Å². The molecular weight excluding hydrogens is 386 g/mol. The molecule has 0 aliphatic carbocycles. The van der Waals surface area contributed by atoms with E-state index in [1.807, 2.05) is 37.3 Å². The van der Waals surface area contributed by atoms with Crippen molar-refractivity contribution in [1.82, 2.24) is 4.90 Å². The summed E-state index contributed by atoms with van der Waals surface area (Å²) in [5.74, 6) is -2.26. The molecule has 0 aliphatic heterocycles. The molecule has 152 valence electrons. The number of halogens is 2. The third-order valence-corrected chi connectivity index (χ3v) is 5.49. The zero-order chi connectivity index (χ0) is 20.7. The number of benzene rings is 2. The molecule has 0 saturated heterocycles. The van der Waals surface area contributed by atoms with Crippen LogP contribution in [0.3, 0.4) is 0 Å². The summed E-state index contributed by atoms with van der Waals surface area (Å²) in [7, 11) is -3.70. The number of hydrogen-bond donors (Lipinski definition) is 0. The number of nitrogens with zero attached hydrogens (tertiary/aromatic N) is 2. The molecule has 0 aliphatic rings. The second kappa shape index (κ2) is 9.64. The van der Waals surface area contributed by atoms with E-state index in [0.29, 0.717) is 13.1 Å². The Morgan fingerprint density at radius 2 is 1.71 bits per heavy atom. The number of anilines is 1. The normalized spacial score (nSPS) is 11.3. The van der Waals surface area contributed by atoms with Gasteiger partial charge >= 0.3 is 0 Å². The van der Waals surface area contributed by atoms with Crippen LogP contribution in [0.15, 0.2) is 48.5 Å². The van der Waals surface area contributed by atoms with Gasteiger partial charge in [0.15, 0.2) is 11.6 Å². The lowest BCUT2D eigenvalue weighted by atomic mass is 10.2. The van der Waals surface area contributed by atoms with Crippen LogP contribution in [0.1, 0.15) is 25.3 Å². The zero-order valence-corrected chi connectivity index (χ0v) is 16.8. The summed E-state index contributed by atoms with van der Waals surface area (Å²) < 4.78 is 51.7. The molecule has 0 aromatic heterocycles. The van der Waals surface area contributed by atoms with Gasteiger partial charge < -0.3 is 4.90 Å². The first-order valence-electron chi connectivity index (χ1n) is 8.97. The minimum absolute atomic E-state index is 0.00145. The number of carbonyl (C=O) groups is 1. The van der Waals surface area contributed by atoms with Gasteiger partial charge in [-0.1, -0.05) is 30.3 Å². The van der Waals surface area contributed by atoms with Gasteiger partial charge in [-0.15, -0.1) is 0 Å². The van der Waals surface area contributed by atoms with Crippen LogP contribution in [-0.2, 0) is 21.4 Å². The molecule has 2 aromatic carbocycles. The molecule has 0 radical (unpaired) electrons. The van der Waals surface area contributed by atoms with Crippen LogP contribution < -0.4 is 4.31 Å². The molecule has 0 fully saturated rings. The highest BCUT2D eigenvalue weighted by Gasteiger charge is 2.20. The minimum atomic E-state index is -3.70. The summed E-state index contributed by atoms with van der Waals surface area (Å²) in [4.78, 5) is 14.2. The quantitative estimate of drug-likeness (QED) is 0.635. The highest BCUT2D eigenvalue weighted by atomic mass is 32.2. The monoisotopic (exact) mass is 410 g/mol. The van der Waals surface area contributed by atoms with Gasteiger partial charge in [0, 0.05) is 32.1 Å². The van der Waals surface area contributed by atoms with Crippen molar-refractivity contribution in [2.45, 2.75) is 26.3 Å². The summed E-state index contributed by atoms with van der Waals surface area (Å²) in [6.07, 6.45) is 1.40. The van der Waals surface area contributed by atoms with Gasteiger partial charge in [-0.05, 0) is 31.0 Å². The van der Waals surface area contributed by atoms with E-state index < -0.39 is 21.7 Å². The summed E-state index contributed by atoms with van der Waals surface area (Å²) in [6.45, 7) is 2.89. The van der Waals surface area contributed by atoms with Gasteiger partial charge in [0.25, 0.3) is 0 Å². The first-order chi connectivity index (χ1) is 13.2. The zero-order valence-electron chi connectivity index (χ0n) is 15.9. The number of rotatable bonds is 9. The van der Waals surface area contributed by atoms with Crippen molar-refractivity contribution in [3.05, 3.63) is 65.7 Å². The Balaban J connectivity index is 2.01. The van der Waals surface area contributed by atoms with E-state index in [1.54, 1.807) is 4.90 Å². The number of sulfonamides is 1. The van der Waals surface area contributed by atoms with E-state index >= 15 is 0 Å². The van der Waals surface area contributed by atoms with Gasteiger partial charge in [-0.25, -0.2) is 17.2 Å². The first-order valence-corrected chi connectivity index (χ1v) is 10.8. The Morgan fingerprint density at radius 3 is 2.29 bits per heavy atom. The molecular formula is C20H24F2N2O3S. The van der Waals surface area contributed by atoms with Crippen LogP contribution in [0.4, 0.5) is 14.5 Å². The number of hydrogen-bond acceptors (Lipinski definition) is 3. The number of carbonyl (C=O) groups excluding carboxylic acids is 1. The predicted octanol–water partition coefficient (Wildman–Crippen LogP) is 3.56. The molecule has 2 rings (SSSR count). The fourth-order valence-electron chi connectivity index (χ4n) is 2.84. The average Bonchev–Trinajstić information content (AvgIpc) is 2.65. The third-order valence-electron chi connectivity index (χ3n) is 4.29. The Morgan fingerprint density at radius 1 is 1.04 bits per heavy atom. The van der Waals surface area contributed by atoms with Crippen molar-refractivity contribution in [2.24, 2.45) is 0 Å². The smallest absolute Gasteiger partial charge is 0.232 e. The van der Waals surface area contributed by atoms with Crippen LogP contribution in [0.25, 0.3) is 0 Å². The summed E-state index contributed by atoms with van der Waals surface area (Å²) in [5, 5.41) is 0. The molecule has 0 heterocycles. The molecule has 0 bridgehead atoms. The lowest BCUT2D eigenvalue weighted by Crippen LogP contribution is -2.33. The Hall–Kier alpha value is -2.48. The van der Waals surface area contributed by atoms with Gasteiger partial charge in [-0.3, -0.25) is 9.10 Å². The van der Waals surface area contributed by atoms with Crippen molar-refractivity contribution in [2.75, 3.05) is 23.7 Å². The lowest BCUT2D eigenvalue weighted by Gasteiger charge is -2.24. The summed E-state index contributed by atoms with van der Waals surface area (Å²) in [6, 6.07) is 12.5. The van der Waals surface area contributed by atoms with Gasteiger partial charge in [-0.2, -0.15) is 0 Å². The average molecular weight is 410 g/mol. The largest absolute Gasteiger partial charge is 0.339 e. The van der Waals surface area contributed by atoms with Gasteiger partial charge in [0.05, 0.1) is 11.9 Å². The molecule has 8 heteroatoms. The van der Waals surface area contributed by atoms with E-state index in [-0.39, 0.29) is 31.0 Å². The Labute approximate surface area is 164 Å². The standard InChI is InChI=1S/C20H24F2N2O3S/c1-3-23(15-16-8-5-4-6-9-16)20(25)10-7-13-24(28(2,26)27)17-11-12-18(21)19(22)14-17/h4-6,8-9,11-12,14H,3,7,10,13,15H2,1-2H3. The SMILES string of the molecule is CCN(Cc1ccccc1)C(=O)CCCN(c1ccc(F)c(F)c1)S(C)(=O)=O. The lowest BCUT2D eigenvalue weighted by molar-refractivity contribution is -0.131. The van der Waals surface area contributed by atoms with Crippen LogP contribution in [0, 0.1) is 11.6 Å². The third kappa shape index (κ3) is 6.02. The van der Waals surface area contributed by atoms with Crippen molar-refractivity contribution in [3.8, 4) is 0 Å². The molecule has 1 amide bonds. The minimum Gasteiger partial charge on any atom is -0.339 e. The molecule has 0 spiro atoms. The predicted molar refractivity (Wildman–Crippen MR) is 105 cm³/mol. The first kappa shape index (κ1) is 21.8. The molecule has 0 unspecified atom stereocenters. The van der Waals surface area contributed by atoms with E-state index in [9.17, 15) is 22.0 Å². The molecule has 28 heavy (non-hydrogen) atoms. The van der Waals surface area contributed by atoms with E-state index in [1.165, 1.54) is 6.07 Å². The fraction of sp³-hybridized carbons (Fsp3) is 0.350. The molecule has 5 nitrogen and oxygen atoms in total. The van der Waals surface area contributed by atoms with E-state index in [4.69, 9.17) is 0 Å². The van der Waals surface area contributed by atoms with Crippen molar-refractivity contribution >= 4 is 21.6 Å². The van der Waals surface area contributed by atoms with E-state index in [2.05, 4.69) is 0 Å². The topological polar surface area (TPSA) is 57.7 Å². The van der Waals surface area contributed by atoms with Crippen LogP contribution in [0.5, 0.6) is 0 Å². The van der Waals surface area contributed by atoms with Crippen molar-refractivity contribution in [1.29, 1.82) is 0 Å². The van der Waals surface area contributed by atoms with Gasteiger partial charge in [0.1, 0.15) is 0 Å². The second-order valence-electron chi connectivity index (χ2n) is 6.43. The molecule has 2 aromatic rings. The van der Waals surface area contributed by atoms with Crippen LogP contribution in [-0.4, -0.2) is 38.6 Å². The fourth-order valence-corrected chi connectivity index (χ4v) is 3.80. The summed E-state index contributed by atoms with van der Waals surface area (Å²) >= 11 is 0. The Kier molecular flexibility index (Phi) is 7.51. The highest BCUT2D eigenvalue weighted by Crippen LogP contribution is 2.21. The Bertz CT molecular complexity index is 905. The van der Waals surface area contributed by atoms with Crippen LogP contribution in [0.2, 0.25) is 0 Å². The maximum atomic E-state index is 13.5. The van der Waals surface area contributed by atoms with Crippen LogP contribution >= 0.6 is 0 Å². The maximum absolute atomic E-state index is 13.5. The molecule has 0 atom stereocenters. The highest BCUT2D eigenvalue weighted by molar-refractivity contribution is 7.92. The van der Waals surface area contributed by atoms with Crippen molar-refractivity contribution < 1.29 is 22.0 Å². The number of amides is 1.